The number of hydrogen-bond acceptors (Lipinski definition) is 4. The van der Waals surface area contributed by atoms with Crippen molar-refractivity contribution < 1.29 is 4.52 Å². The van der Waals surface area contributed by atoms with Crippen molar-refractivity contribution in [1.29, 1.82) is 0 Å². The van der Waals surface area contributed by atoms with E-state index in [2.05, 4.69) is 53.6 Å². The lowest BCUT2D eigenvalue weighted by molar-refractivity contribution is 0.322. The van der Waals surface area contributed by atoms with Crippen molar-refractivity contribution in [3.05, 3.63) is 47.1 Å². The molecule has 3 atom stereocenters. The molecule has 1 aromatic heterocycles. The maximum absolute atomic E-state index is 5.48. The van der Waals surface area contributed by atoms with Crippen LogP contribution >= 0.6 is 0 Å². The molecule has 1 aliphatic rings. The van der Waals surface area contributed by atoms with Gasteiger partial charge in [-0.3, -0.25) is 0 Å². The van der Waals surface area contributed by atoms with Crippen LogP contribution in [-0.2, 0) is 6.42 Å². The molecule has 0 saturated carbocycles. The minimum atomic E-state index is 0.238. The van der Waals surface area contributed by atoms with E-state index in [-0.39, 0.29) is 5.92 Å². The van der Waals surface area contributed by atoms with Crippen LogP contribution in [0.4, 0.5) is 0 Å². The van der Waals surface area contributed by atoms with E-state index in [4.69, 9.17) is 4.52 Å². The SMILES string of the molecule is CCC(NC)C(C)c1nc(C2Cc3ccccc32)no1. The Kier molecular flexibility index (Phi) is 3.57. The van der Waals surface area contributed by atoms with Crippen LogP contribution in [0.1, 0.15) is 54.9 Å². The van der Waals surface area contributed by atoms with Gasteiger partial charge in [0, 0.05) is 6.04 Å². The summed E-state index contributed by atoms with van der Waals surface area (Å²) in [6, 6.07) is 8.85. The Morgan fingerprint density at radius 1 is 1.40 bits per heavy atom. The lowest BCUT2D eigenvalue weighted by Gasteiger charge is -2.27. The maximum Gasteiger partial charge on any atom is 0.231 e. The van der Waals surface area contributed by atoms with Gasteiger partial charge in [0.15, 0.2) is 5.82 Å². The van der Waals surface area contributed by atoms with E-state index in [9.17, 15) is 0 Å². The Morgan fingerprint density at radius 3 is 2.90 bits per heavy atom. The van der Waals surface area contributed by atoms with Gasteiger partial charge >= 0.3 is 0 Å². The molecule has 4 nitrogen and oxygen atoms in total. The van der Waals surface area contributed by atoms with Crippen molar-refractivity contribution in [3.8, 4) is 0 Å². The number of fused-ring (bicyclic) bond motifs is 1. The second-order valence-corrected chi connectivity index (χ2v) is 5.54. The average Bonchev–Trinajstić information content (AvgIpc) is 2.91. The molecule has 3 unspecified atom stereocenters. The van der Waals surface area contributed by atoms with Gasteiger partial charge < -0.3 is 9.84 Å². The summed E-state index contributed by atoms with van der Waals surface area (Å²) >= 11 is 0. The molecule has 1 aliphatic carbocycles. The molecule has 4 heteroatoms. The highest BCUT2D eigenvalue weighted by molar-refractivity contribution is 5.43. The number of aromatic nitrogens is 2. The third-order valence-corrected chi connectivity index (χ3v) is 4.43. The van der Waals surface area contributed by atoms with Gasteiger partial charge in [0.1, 0.15) is 0 Å². The van der Waals surface area contributed by atoms with E-state index in [1.807, 2.05) is 7.05 Å². The number of nitrogens with one attached hydrogen (secondary N) is 1. The lowest BCUT2D eigenvalue weighted by atomic mass is 9.77. The summed E-state index contributed by atoms with van der Waals surface area (Å²) in [6.07, 6.45) is 2.06. The zero-order valence-corrected chi connectivity index (χ0v) is 12.3. The van der Waals surface area contributed by atoms with Crippen LogP contribution in [0.25, 0.3) is 0 Å². The zero-order chi connectivity index (χ0) is 14.1. The van der Waals surface area contributed by atoms with Gasteiger partial charge in [-0.05, 0) is 31.0 Å². The van der Waals surface area contributed by atoms with Gasteiger partial charge in [0.05, 0.1) is 11.8 Å². The number of likely N-dealkylation sites (N-methyl/N-ethyl adjacent to an activating group) is 1. The average molecular weight is 271 g/mol. The van der Waals surface area contributed by atoms with E-state index >= 15 is 0 Å². The van der Waals surface area contributed by atoms with Crippen LogP contribution in [0.5, 0.6) is 0 Å². The number of benzene rings is 1. The largest absolute Gasteiger partial charge is 0.339 e. The Hall–Kier alpha value is -1.68. The first-order valence-corrected chi connectivity index (χ1v) is 7.33. The summed E-state index contributed by atoms with van der Waals surface area (Å²) in [5, 5.41) is 7.50. The highest BCUT2D eigenvalue weighted by Crippen LogP contribution is 2.38. The second-order valence-electron chi connectivity index (χ2n) is 5.54. The van der Waals surface area contributed by atoms with Gasteiger partial charge in [0.2, 0.25) is 5.89 Å². The van der Waals surface area contributed by atoms with Gasteiger partial charge in [-0.25, -0.2) is 0 Å². The van der Waals surface area contributed by atoms with Gasteiger partial charge in [-0.1, -0.05) is 43.3 Å². The first kappa shape index (κ1) is 13.3. The molecular formula is C16H21N3O. The molecule has 0 radical (unpaired) electrons. The summed E-state index contributed by atoms with van der Waals surface area (Å²) in [7, 11) is 1.98. The molecule has 106 valence electrons. The van der Waals surface area contributed by atoms with Crippen LogP contribution < -0.4 is 5.32 Å². The van der Waals surface area contributed by atoms with E-state index < -0.39 is 0 Å². The lowest BCUT2D eigenvalue weighted by Crippen LogP contribution is -2.30. The normalized spacial score (nSPS) is 20.1. The van der Waals surface area contributed by atoms with Crippen molar-refractivity contribution in [2.75, 3.05) is 7.05 Å². The van der Waals surface area contributed by atoms with Gasteiger partial charge in [0.25, 0.3) is 0 Å². The molecule has 0 saturated heterocycles. The van der Waals surface area contributed by atoms with Crippen molar-refractivity contribution in [1.82, 2.24) is 15.5 Å². The predicted octanol–water partition coefficient (Wildman–Crippen LogP) is 2.86. The summed E-state index contributed by atoms with van der Waals surface area (Å²) in [6.45, 7) is 4.30. The fourth-order valence-corrected chi connectivity index (χ4v) is 3.04. The molecule has 0 fully saturated rings. The Balaban J connectivity index is 1.79. The van der Waals surface area contributed by atoms with Gasteiger partial charge in [-0.2, -0.15) is 4.98 Å². The maximum atomic E-state index is 5.48. The van der Waals surface area contributed by atoms with Gasteiger partial charge in [-0.15, -0.1) is 0 Å². The van der Waals surface area contributed by atoms with Crippen LogP contribution in [0, 0.1) is 0 Å². The van der Waals surface area contributed by atoms with E-state index in [0.29, 0.717) is 12.0 Å². The summed E-state index contributed by atoms with van der Waals surface area (Å²) in [4.78, 5) is 4.63. The molecular weight excluding hydrogens is 250 g/mol. The molecule has 2 aromatic rings. The molecule has 0 amide bonds. The van der Waals surface area contributed by atoms with Crippen molar-refractivity contribution in [2.45, 2.75) is 44.6 Å². The minimum Gasteiger partial charge on any atom is -0.339 e. The standard InChI is InChI=1S/C16H21N3O/c1-4-14(17-3)10(2)16-18-15(19-20-16)13-9-11-7-5-6-8-12(11)13/h5-8,10,13-14,17H,4,9H2,1-3H3. The van der Waals surface area contributed by atoms with Crippen LogP contribution in [-0.4, -0.2) is 23.2 Å². The Morgan fingerprint density at radius 2 is 2.20 bits per heavy atom. The molecule has 1 aromatic carbocycles. The fourth-order valence-electron chi connectivity index (χ4n) is 3.04. The number of hydrogen-bond donors (Lipinski definition) is 1. The quantitative estimate of drug-likeness (QED) is 0.908. The highest BCUT2D eigenvalue weighted by Gasteiger charge is 2.32. The van der Waals surface area contributed by atoms with Crippen LogP contribution in [0.2, 0.25) is 0 Å². The molecule has 1 heterocycles. The minimum absolute atomic E-state index is 0.238. The van der Waals surface area contributed by atoms with Crippen molar-refractivity contribution in [3.63, 3.8) is 0 Å². The first-order valence-electron chi connectivity index (χ1n) is 7.33. The molecule has 0 spiro atoms. The molecule has 0 aliphatic heterocycles. The van der Waals surface area contributed by atoms with E-state index in [0.717, 1.165) is 24.6 Å². The molecule has 3 rings (SSSR count). The van der Waals surface area contributed by atoms with Crippen molar-refractivity contribution >= 4 is 0 Å². The smallest absolute Gasteiger partial charge is 0.231 e. The Labute approximate surface area is 119 Å². The van der Waals surface area contributed by atoms with Crippen molar-refractivity contribution in [2.24, 2.45) is 0 Å². The summed E-state index contributed by atoms with van der Waals surface area (Å²) in [5.41, 5.74) is 2.74. The number of rotatable bonds is 5. The Bertz CT molecular complexity index is 589. The zero-order valence-electron chi connectivity index (χ0n) is 12.3. The third kappa shape index (κ3) is 2.14. The van der Waals surface area contributed by atoms with Crippen LogP contribution in [0.3, 0.4) is 0 Å². The third-order valence-electron chi connectivity index (χ3n) is 4.43. The van der Waals surface area contributed by atoms with E-state index in [1.54, 1.807) is 0 Å². The predicted molar refractivity (Wildman–Crippen MR) is 77.8 cm³/mol. The van der Waals surface area contributed by atoms with Crippen LogP contribution in [0.15, 0.2) is 28.8 Å². The summed E-state index contributed by atoms with van der Waals surface area (Å²) < 4.78 is 5.48. The summed E-state index contributed by atoms with van der Waals surface area (Å²) in [5.74, 6) is 2.12. The second kappa shape index (κ2) is 5.37. The fraction of sp³-hybridized carbons (Fsp3) is 0.500. The topological polar surface area (TPSA) is 51.0 Å². The molecule has 20 heavy (non-hydrogen) atoms. The molecule has 0 bridgehead atoms. The highest BCUT2D eigenvalue weighted by atomic mass is 16.5. The number of nitrogens with zero attached hydrogens (tertiary/aromatic N) is 2. The first-order chi connectivity index (χ1) is 9.74. The monoisotopic (exact) mass is 271 g/mol. The van der Waals surface area contributed by atoms with E-state index in [1.165, 1.54) is 11.1 Å². The molecule has 1 N–H and O–H groups in total.